The van der Waals surface area contributed by atoms with Crippen molar-refractivity contribution < 1.29 is 9.59 Å². The molecule has 0 radical (unpaired) electrons. The number of hydrogen-bond donors (Lipinski definition) is 2. The fourth-order valence-corrected chi connectivity index (χ4v) is 1.14. The molecule has 0 aliphatic carbocycles. The van der Waals surface area contributed by atoms with Crippen molar-refractivity contribution in [2.45, 2.75) is 32.2 Å². The molecule has 0 aliphatic rings. The number of nitrogens with two attached hydrogens (primary N) is 2. The highest BCUT2D eigenvalue weighted by Gasteiger charge is 2.18. The maximum Gasteiger partial charge on any atom is 0.239 e. The van der Waals surface area contributed by atoms with Crippen LogP contribution in [0.3, 0.4) is 0 Å². The van der Waals surface area contributed by atoms with Gasteiger partial charge >= 0.3 is 0 Å². The van der Waals surface area contributed by atoms with Crippen LogP contribution in [0.4, 0.5) is 0 Å². The number of likely N-dealkylation sites (N-methyl/N-ethyl adjacent to an activating group) is 1. The van der Waals surface area contributed by atoms with Gasteiger partial charge in [-0.15, -0.1) is 0 Å². The quantitative estimate of drug-likeness (QED) is 0.604. The molecule has 14 heavy (non-hydrogen) atoms. The van der Waals surface area contributed by atoms with Crippen LogP contribution in [0.15, 0.2) is 0 Å². The number of unbranched alkanes of at least 4 members (excludes halogenated alkanes) is 1. The number of amides is 2. The van der Waals surface area contributed by atoms with Crippen LogP contribution in [0.2, 0.25) is 0 Å². The Bertz CT molecular complexity index is 206. The van der Waals surface area contributed by atoms with E-state index >= 15 is 0 Å². The lowest BCUT2D eigenvalue weighted by Gasteiger charge is -2.19. The van der Waals surface area contributed by atoms with Crippen LogP contribution in [0, 0.1) is 0 Å². The molecule has 5 heteroatoms. The predicted molar refractivity (Wildman–Crippen MR) is 54.3 cm³/mol. The molecule has 0 aromatic heterocycles. The van der Waals surface area contributed by atoms with E-state index in [1.807, 2.05) is 6.92 Å². The molecule has 0 spiro atoms. The average molecular weight is 201 g/mol. The topological polar surface area (TPSA) is 89.4 Å². The van der Waals surface area contributed by atoms with Crippen molar-refractivity contribution in [3.63, 3.8) is 0 Å². The lowest BCUT2D eigenvalue weighted by Crippen LogP contribution is -2.44. The molecule has 5 nitrogen and oxygen atoms in total. The lowest BCUT2D eigenvalue weighted by molar-refractivity contribution is -0.135. The van der Waals surface area contributed by atoms with Crippen molar-refractivity contribution >= 4 is 11.8 Å². The number of carbonyl (C=O) groups excluding carboxylic acids is 2. The van der Waals surface area contributed by atoms with Gasteiger partial charge in [0, 0.05) is 7.05 Å². The molecule has 0 aliphatic heterocycles. The molecule has 0 saturated carbocycles. The van der Waals surface area contributed by atoms with Gasteiger partial charge in [0.05, 0.1) is 12.6 Å². The number of nitrogens with zero attached hydrogens (tertiary/aromatic N) is 1. The Morgan fingerprint density at radius 2 is 2.00 bits per heavy atom. The first-order valence-corrected chi connectivity index (χ1v) is 4.77. The van der Waals surface area contributed by atoms with Crippen LogP contribution in [0.5, 0.6) is 0 Å². The van der Waals surface area contributed by atoms with Crippen LogP contribution in [0.25, 0.3) is 0 Å². The Hall–Kier alpha value is -1.10. The summed E-state index contributed by atoms with van der Waals surface area (Å²) in [4.78, 5) is 23.3. The Labute approximate surface area is 84.4 Å². The van der Waals surface area contributed by atoms with E-state index in [0.29, 0.717) is 6.42 Å². The molecular formula is C9H19N3O2. The van der Waals surface area contributed by atoms with Gasteiger partial charge in [0.15, 0.2) is 0 Å². The Morgan fingerprint density at radius 3 is 2.43 bits per heavy atom. The molecule has 0 fully saturated rings. The van der Waals surface area contributed by atoms with E-state index in [-0.39, 0.29) is 12.5 Å². The molecule has 4 N–H and O–H groups in total. The summed E-state index contributed by atoms with van der Waals surface area (Å²) in [5.41, 5.74) is 10.6. The van der Waals surface area contributed by atoms with Crippen molar-refractivity contribution in [1.82, 2.24) is 4.90 Å². The molecular weight excluding hydrogens is 182 g/mol. The van der Waals surface area contributed by atoms with Gasteiger partial charge in [-0.1, -0.05) is 19.8 Å². The van der Waals surface area contributed by atoms with Gasteiger partial charge < -0.3 is 16.4 Å². The summed E-state index contributed by atoms with van der Waals surface area (Å²) in [5.74, 6) is -0.749. The second-order valence-corrected chi connectivity index (χ2v) is 3.41. The predicted octanol–water partition coefficient (Wildman–Crippen LogP) is -0.552. The number of carbonyl (C=O) groups is 2. The van der Waals surface area contributed by atoms with Crippen LogP contribution in [-0.4, -0.2) is 36.3 Å². The van der Waals surface area contributed by atoms with Gasteiger partial charge in [0.1, 0.15) is 0 Å². The van der Waals surface area contributed by atoms with Gasteiger partial charge in [0.25, 0.3) is 0 Å². The largest absolute Gasteiger partial charge is 0.368 e. The molecule has 82 valence electrons. The smallest absolute Gasteiger partial charge is 0.239 e. The third-order valence-electron chi connectivity index (χ3n) is 1.96. The summed E-state index contributed by atoms with van der Waals surface area (Å²) in [6.07, 6.45) is 2.57. The fraction of sp³-hybridized carbons (Fsp3) is 0.778. The summed E-state index contributed by atoms with van der Waals surface area (Å²) < 4.78 is 0. The fourth-order valence-electron chi connectivity index (χ4n) is 1.14. The molecule has 0 heterocycles. The molecule has 0 saturated heterocycles. The van der Waals surface area contributed by atoms with Crippen LogP contribution in [0.1, 0.15) is 26.2 Å². The minimum atomic E-state index is -0.524. The second-order valence-electron chi connectivity index (χ2n) is 3.41. The number of primary amides is 1. The third-order valence-corrected chi connectivity index (χ3v) is 1.96. The number of hydrogen-bond acceptors (Lipinski definition) is 3. The Kier molecular flexibility index (Phi) is 5.87. The van der Waals surface area contributed by atoms with E-state index in [1.165, 1.54) is 11.9 Å². The lowest BCUT2D eigenvalue weighted by atomic mass is 10.1. The maximum absolute atomic E-state index is 11.5. The minimum absolute atomic E-state index is 0.0708. The maximum atomic E-state index is 11.5. The normalized spacial score (nSPS) is 12.2. The molecule has 0 aromatic rings. The molecule has 0 aromatic carbocycles. The highest BCUT2D eigenvalue weighted by molar-refractivity contribution is 5.86. The van der Waals surface area contributed by atoms with Gasteiger partial charge in [-0.05, 0) is 6.42 Å². The highest BCUT2D eigenvalue weighted by Crippen LogP contribution is 2.00. The van der Waals surface area contributed by atoms with Crippen LogP contribution < -0.4 is 11.5 Å². The van der Waals surface area contributed by atoms with E-state index < -0.39 is 11.9 Å². The van der Waals surface area contributed by atoms with Crippen LogP contribution in [-0.2, 0) is 9.59 Å². The van der Waals surface area contributed by atoms with Crippen molar-refractivity contribution in [3.8, 4) is 0 Å². The van der Waals surface area contributed by atoms with Gasteiger partial charge in [-0.3, -0.25) is 9.59 Å². The minimum Gasteiger partial charge on any atom is -0.368 e. The first kappa shape index (κ1) is 12.9. The van der Waals surface area contributed by atoms with E-state index in [2.05, 4.69) is 0 Å². The van der Waals surface area contributed by atoms with Gasteiger partial charge in [-0.2, -0.15) is 0 Å². The van der Waals surface area contributed by atoms with Gasteiger partial charge in [0.2, 0.25) is 11.8 Å². The first-order valence-electron chi connectivity index (χ1n) is 4.77. The molecule has 1 unspecified atom stereocenters. The zero-order chi connectivity index (χ0) is 11.1. The summed E-state index contributed by atoms with van der Waals surface area (Å²) in [5, 5.41) is 0. The summed E-state index contributed by atoms with van der Waals surface area (Å²) in [7, 11) is 1.53. The van der Waals surface area contributed by atoms with Gasteiger partial charge in [-0.25, -0.2) is 0 Å². The third kappa shape index (κ3) is 4.81. The molecule has 0 bridgehead atoms. The van der Waals surface area contributed by atoms with E-state index in [0.717, 1.165) is 12.8 Å². The monoisotopic (exact) mass is 201 g/mol. The zero-order valence-corrected chi connectivity index (χ0v) is 8.82. The van der Waals surface area contributed by atoms with Crippen molar-refractivity contribution in [1.29, 1.82) is 0 Å². The summed E-state index contributed by atoms with van der Waals surface area (Å²) >= 11 is 0. The van der Waals surface area contributed by atoms with Crippen molar-refractivity contribution in [2.24, 2.45) is 11.5 Å². The average Bonchev–Trinajstić information content (AvgIpc) is 2.11. The highest BCUT2D eigenvalue weighted by atomic mass is 16.2. The summed E-state index contributed by atoms with van der Waals surface area (Å²) in [6, 6.07) is -0.515. The molecule has 1 atom stereocenters. The SMILES string of the molecule is CCCCC(N)C(=O)N(C)CC(N)=O. The van der Waals surface area contributed by atoms with Crippen molar-refractivity contribution in [3.05, 3.63) is 0 Å². The second kappa shape index (κ2) is 6.37. The van der Waals surface area contributed by atoms with E-state index in [9.17, 15) is 9.59 Å². The van der Waals surface area contributed by atoms with E-state index in [4.69, 9.17) is 11.5 Å². The Morgan fingerprint density at radius 1 is 1.43 bits per heavy atom. The van der Waals surface area contributed by atoms with Crippen molar-refractivity contribution in [2.75, 3.05) is 13.6 Å². The molecule has 2 amide bonds. The first-order chi connectivity index (χ1) is 6.49. The standard InChI is InChI=1S/C9H19N3O2/c1-3-4-5-7(10)9(14)12(2)6-8(11)13/h7H,3-6,10H2,1-2H3,(H2,11,13). The summed E-state index contributed by atoms with van der Waals surface area (Å²) in [6.45, 7) is 1.96. The molecule has 0 rings (SSSR count). The van der Waals surface area contributed by atoms with Crippen LogP contribution >= 0.6 is 0 Å². The Balaban J connectivity index is 3.97. The number of rotatable bonds is 6. The van der Waals surface area contributed by atoms with E-state index in [1.54, 1.807) is 0 Å². The zero-order valence-electron chi connectivity index (χ0n) is 8.82.